The highest BCUT2D eigenvalue weighted by atomic mass is 16.2. The van der Waals surface area contributed by atoms with Gasteiger partial charge in [-0.2, -0.15) is 5.10 Å². The monoisotopic (exact) mass is 295 g/mol. The average Bonchev–Trinajstić information content (AvgIpc) is 3.17. The maximum atomic E-state index is 12.2. The minimum atomic E-state index is -0.271. The van der Waals surface area contributed by atoms with Crippen LogP contribution in [0, 0.1) is 6.92 Å². The molecule has 0 spiro atoms. The van der Waals surface area contributed by atoms with Crippen LogP contribution in [0.2, 0.25) is 0 Å². The molecule has 0 saturated carbocycles. The third-order valence-corrected chi connectivity index (χ3v) is 3.35. The molecule has 0 aliphatic carbocycles. The van der Waals surface area contributed by atoms with Crippen LogP contribution in [-0.2, 0) is 6.54 Å². The number of carbonyl (C=O) groups is 1. The van der Waals surface area contributed by atoms with Crippen LogP contribution in [0.25, 0.3) is 5.69 Å². The topological polar surface area (TPSA) is 64.7 Å². The van der Waals surface area contributed by atoms with E-state index in [-0.39, 0.29) is 5.91 Å². The summed E-state index contributed by atoms with van der Waals surface area (Å²) in [5.74, 6) is 0.254. The first kappa shape index (κ1) is 14.1. The van der Waals surface area contributed by atoms with Gasteiger partial charge in [0.05, 0.1) is 0 Å². The van der Waals surface area contributed by atoms with Crippen molar-refractivity contribution in [3.05, 3.63) is 60.3 Å². The second-order valence-electron chi connectivity index (χ2n) is 5.01. The van der Waals surface area contributed by atoms with Gasteiger partial charge in [-0.05, 0) is 26.0 Å². The van der Waals surface area contributed by atoms with Gasteiger partial charge in [0.1, 0.15) is 12.0 Å². The summed E-state index contributed by atoms with van der Waals surface area (Å²) in [7, 11) is 0. The number of carbonyl (C=O) groups excluding carboxylic acids is 1. The van der Waals surface area contributed by atoms with E-state index in [1.165, 1.54) is 5.56 Å². The van der Waals surface area contributed by atoms with E-state index in [1.807, 2.05) is 48.9 Å². The number of aromatic nitrogens is 4. The van der Waals surface area contributed by atoms with Gasteiger partial charge in [0, 0.05) is 30.7 Å². The predicted octanol–water partition coefficient (Wildman–Crippen LogP) is 2.65. The first-order chi connectivity index (χ1) is 10.7. The first-order valence-corrected chi connectivity index (χ1v) is 7.11. The summed E-state index contributed by atoms with van der Waals surface area (Å²) in [6, 6.07) is 9.78. The van der Waals surface area contributed by atoms with Gasteiger partial charge in [-0.25, -0.2) is 4.98 Å². The number of rotatable bonds is 4. The van der Waals surface area contributed by atoms with Crippen LogP contribution < -0.4 is 5.32 Å². The highest BCUT2D eigenvalue weighted by Gasteiger charge is 2.11. The van der Waals surface area contributed by atoms with Gasteiger partial charge in [-0.15, -0.1) is 0 Å². The molecule has 6 nitrogen and oxygen atoms in total. The SMILES string of the molecule is CCn1ccc(NC(=O)c2cn(-c3ccc(C)cc3)cn2)n1. The molecular formula is C16H17N5O. The van der Waals surface area contributed by atoms with Gasteiger partial charge in [-0.1, -0.05) is 17.7 Å². The van der Waals surface area contributed by atoms with Crippen molar-refractivity contribution in [2.75, 3.05) is 5.32 Å². The highest BCUT2D eigenvalue weighted by molar-refractivity contribution is 6.02. The maximum absolute atomic E-state index is 12.2. The minimum absolute atomic E-state index is 0.271. The molecule has 3 rings (SSSR count). The summed E-state index contributed by atoms with van der Waals surface area (Å²) in [4.78, 5) is 16.3. The number of imidazole rings is 1. The maximum Gasteiger partial charge on any atom is 0.277 e. The molecule has 0 radical (unpaired) electrons. The van der Waals surface area contributed by atoms with Crippen molar-refractivity contribution in [3.63, 3.8) is 0 Å². The Bertz CT molecular complexity index is 785. The van der Waals surface area contributed by atoms with Crippen LogP contribution in [-0.4, -0.2) is 25.2 Å². The van der Waals surface area contributed by atoms with Crippen LogP contribution in [0.1, 0.15) is 23.0 Å². The molecule has 1 N–H and O–H groups in total. The van der Waals surface area contributed by atoms with Gasteiger partial charge in [0.2, 0.25) is 0 Å². The lowest BCUT2D eigenvalue weighted by molar-refractivity contribution is 0.102. The number of aryl methyl sites for hydroxylation is 2. The predicted molar refractivity (Wildman–Crippen MR) is 84.2 cm³/mol. The number of nitrogens with zero attached hydrogens (tertiary/aromatic N) is 4. The standard InChI is InChI=1S/C16H17N5O/c1-3-21-9-8-15(19-21)18-16(22)14-10-20(11-17-14)13-6-4-12(2)5-7-13/h4-11H,3H2,1-2H3,(H,18,19,22). The van der Waals surface area contributed by atoms with Gasteiger partial charge in [-0.3, -0.25) is 9.48 Å². The smallest absolute Gasteiger partial charge is 0.277 e. The molecule has 0 bridgehead atoms. The molecule has 0 fully saturated rings. The molecular weight excluding hydrogens is 278 g/mol. The van der Waals surface area contributed by atoms with Crippen molar-refractivity contribution in [3.8, 4) is 5.69 Å². The Morgan fingerprint density at radius 2 is 2.00 bits per heavy atom. The number of hydrogen-bond donors (Lipinski definition) is 1. The second-order valence-corrected chi connectivity index (χ2v) is 5.01. The Morgan fingerprint density at radius 3 is 2.68 bits per heavy atom. The Morgan fingerprint density at radius 1 is 1.23 bits per heavy atom. The number of hydrogen-bond acceptors (Lipinski definition) is 3. The fourth-order valence-electron chi connectivity index (χ4n) is 2.08. The molecule has 0 atom stereocenters. The van der Waals surface area contributed by atoms with Gasteiger partial charge >= 0.3 is 0 Å². The third-order valence-electron chi connectivity index (χ3n) is 3.35. The third kappa shape index (κ3) is 2.90. The molecule has 2 aromatic heterocycles. The number of anilines is 1. The Balaban J connectivity index is 1.75. The molecule has 1 amide bonds. The van der Waals surface area contributed by atoms with Gasteiger partial charge in [0.15, 0.2) is 5.82 Å². The molecule has 1 aromatic carbocycles. The summed E-state index contributed by atoms with van der Waals surface area (Å²) in [5, 5.41) is 6.96. The highest BCUT2D eigenvalue weighted by Crippen LogP contribution is 2.11. The fraction of sp³-hybridized carbons (Fsp3) is 0.188. The first-order valence-electron chi connectivity index (χ1n) is 7.11. The van der Waals surface area contributed by atoms with Crippen LogP contribution in [0.3, 0.4) is 0 Å². The van der Waals surface area contributed by atoms with E-state index in [1.54, 1.807) is 23.3 Å². The number of nitrogens with one attached hydrogen (secondary N) is 1. The molecule has 2 heterocycles. The number of benzene rings is 1. The van der Waals surface area contributed by atoms with E-state index in [0.29, 0.717) is 11.5 Å². The lowest BCUT2D eigenvalue weighted by Crippen LogP contribution is -2.13. The zero-order chi connectivity index (χ0) is 15.5. The van der Waals surface area contributed by atoms with E-state index < -0.39 is 0 Å². The summed E-state index contributed by atoms with van der Waals surface area (Å²) in [6.07, 6.45) is 5.15. The quantitative estimate of drug-likeness (QED) is 0.804. The molecule has 3 aromatic rings. The average molecular weight is 295 g/mol. The van der Waals surface area contributed by atoms with Gasteiger partial charge < -0.3 is 9.88 Å². The number of amides is 1. The van der Waals surface area contributed by atoms with Crippen LogP contribution in [0.4, 0.5) is 5.82 Å². The van der Waals surface area contributed by atoms with Crippen molar-refractivity contribution >= 4 is 11.7 Å². The molecule has 0 unspecified atom stereocenters. The van der Waals surface area contributed by atoms with Crippen LogP contribution in [0.15, 0.2) is 49.1 Å². The van der Waals surface area contributed by atoms with E-state index in [9.17, 15) is 4.79 Å². The van der Waals surface area contributed by atoms with E-state index in [4.69, 9.17) is 0 Å². The van der Waals surface area contributed by atoms with E-state index >= 15 is 0 Å². The Hall–Kier alpha value is -2.89. The van der Waals surface area contributed by atoms with Crippen molar-refractivity contribution in [1.82, 2.24) is 19.3 Å². The summed E-state index contributed by atoms with van der Waals surface area (Å²) >= 11 is 0. The summed E-state index contributed by atoms with van der Waals surface area (Å²) < 4.78 is 3.57. The molecule has 22 heavy (non-hydrogen) atoms. The minimum Gasteiger partial charge on any atom is -0.305 e. The van der Waals surface area contributed by atoms with Crippen molar-refractivity contribution in [1.29, 1.82) is 0 Å². The molecule has 0 aliphatic heterocycles. The van der Waals surface area contributed by atoms with Crippen molar-refractivity contribution in [2.45, 2.75) is 20.4 Å². The molecule has 0 aliphatic rings. The molecule has 0 saturated heterocycles. The Labute approximate surface area is 128 Å². The molecule has 6 heteroatoms. The normalized spacial score (nSPS) is 10.6. The molecule has 112 valence electrons. The fourth-order valence-corrected chi connectivity index (χ4v) is 2.08. The van der Waals surface area contributed by atoms with E-state index in [0.717, 1.165) is 12.2 Å². The van der Waals surface area contributed by atoms with Crippen LogP contribution in [0.5, 0.6) is 0 Å². The summed E-state index contributed by atoms with van der Waals surface area (Å²) in [6.45, 7) is 4.78. The van der Waals surface area contributed by atoms with Crippen molar-refractivity contribution in [2.24, 2.45) is 0 Å². The summed E-state index contributed by atoms with van der Waals surface area (Å²) in [5.41, 5.74) is 2.51. The second kappa shape index (κ2) is 5.85. The van der Waals surface area contributed by atoms with Gasteiger partial charge in [0.25, 0.3) is 5.91 Å². The zero-order valence-corrected chi connectivity index (χ0v) is 12.5. The lowest BCUT2D eigenvalue weighted by atomic mass is 10.2. The van der Waals surface area contributed by atoms with Crippen molar-refractivity contribution < 1.29 is 4.79 Å². The largest absolute Gasteiger partial charge is 0.305 e. The van der Waals surface area contributed by atoms with Crippen LogP contribution >= 0.6 is 0 Å². The van der Waals surface area contributed by atoms with E-state index in [2.05, 4.69) is 15.4 Å². The zero-order valence-electron chi connectivity index (χ0n) is 12.5. The lowest BCUT2D eigenvalue weighted by Gasteiger charge is -2.01. The Kier molecular flexibility index (Phi) is 3.74.